The number of piperidine rings is 1. The molecule has 0 saturated carbocycles. The fraction of sp³-hybridized carbons (Fsp3) is 0.889. The number of Topliss-reactive ketones (excluding diaryl/α,β-unsaturated/α-hetero) is 1. The van der Waals surface area contributed by atoms with Crippen LogP contribution in [-0.2, 0) is 4.79 Å². The Balaban J connectivity index is 2.25. The fourth-order valence-corrected chi connectivity index (χ4v) is 1.66. The molecule has 0 aromatic heterocycles. The van der Waals surface area contributed by atoms with Crippen LogP contribution in [0.1, 0.15) is 26.2 Å². The number of hydrogen-bond acceptors (Lipinski definition) is 3. The minimum absolute atomic E-state index is 0.208. The van der Waals surface area contributed by atoms with Gasteiger partial charge in [-0.05, 0) is 26.2 Å². The third kappa shape index (κ3) is 2.57. The van der Waals surface area contributed by atoms with Gasteiger partial charge in [-0.3, -0.25) is 4.79 Å². The summed E-state index contributed by atoms with van der Waals surface area (Å²) >= 11 is 0. The number of carbonyl (C=O) groups is 1. The van der Waals surface area contributed by atoms with Crippen LogP contribution in [0.15, 0.2) is 0 Å². The monoisotopic (exact) mass is 171 g/mol. The van der Waals surface area contributed by atoms with Gasteiger partial charge in [0.25, 0.3) is 0 Å². The first kappa shape index (κ1) is 9.68. The molecule has 2 N–H and O–H groups in total. The highest BCUT2D eigenvalue weighted by molar-refractivity contribution is 5.78. The zero-order valence-corrected chi connectivity index (χ0v) is 7.55. The van der Waals surface area contributed by atoms with Gasteiger partial charge in [0.15, 0.2) is 0 Å². The zero-order chi connectivity index (χ0) is 8.97. The predicted octanol–water partition coefficient (Wildman–Crippen LogP) is 0.326. The number of rotatable bonds is 3. The molecule has 3 heteroatoms. The summed E-state index contributed by atoms with van der Waals surface area (Å²) < 4.78 is 0. The molecule has 2 unspecified atom stereocenters. The van der Waals surface area contributed by atoms with E-state index >= 15 is 0 Å². The Labute approximate surface area is 73.2 Å². The van der Waals surface area contributed by atoms with Crippen LogP contribution in [0.3, 0.4) is 0 Å². The number of carbonyl (C=O) groups excluding carboxylic acids is 1. The normalized spacial score (nSPS) is 30.2. The summed E-state index contributed by atoms with van der Waals surface area (Å²) in [6, 6.07) is 0.422. The molecule has 3 nitrogen and oxygen atoms in total. The highest BCUT2D eigenvalue weighted by Gasteiger charge is 2.22. The van der Waals surface area contributed by atoms with Crippen LogP contribution in [0.5, 0.6) is 0 Å². The van der Waals surface area contributed by atoms with E-state index in [0.717, 1.165) is 25.8 Å². The average Bonchev–Trinajstić information content (AvgIpc) is 2.06. The van der Waals surface area contributed by atoms with E-state index in [0.29, 0.717) is 6.04 Å². The second-order valence-electron chi connectivity index (χ2n) is 3.50. The molecule has 0 aromatic carbocycles. The van der Waals surface area contributed by atoms with Crippen molar-refractivity contribution in [1.82, 2.24) is 5.32 Å². The Hall–Kier alpha value is -0.410. The number of aliphatic hydroxyl groups is 1. The Morgan fingerprint density at radius 1 is 1.58 bits per heavy atom. The smallest absolute Gasteiger partial charge is 0.134 e. The van der Waals surface area contributed by atoms with Crippen molar-refractivity contribution in [3.05, 3.63) is 0 Å². The van der Waals surface area contributed by atoms with Crippen molar-refractivity contribution in [3.8, 4) is 0 Å². The average molecular weight is 171 g/mol. The van der Waals surface area contributed by atoms with Gasteiger partial charge in [0.1, 0.15) is 5.78 Å². The van der Waals surface area contributed by atoms with Crippen molar-refractivity contribution in [1.29, 1.82) is 0 Å². The molecule has 0 aromatic rings. The van der Waals surface area contributed by atoms with E-state index in [-0.39, 0.29) is 18.3 Å². The lowest BCUT2D eigenvalue weighted by molar-refractivity contribution is -0.121. The van der Waals surface area contributed by atoms with Gasteiger partial charge in [-0.1, -0.05) is 0 Å². The minimum atomic E-state index is 0.208. The summed E-state index contributed by atoms with van der Waals surface area (Å²) in [5, 5.41) is 12.0. The molecular weight excluding hydrogens is 154 g/mol. The standard InChI is InChI=1S/C9H17NO2/c1-7(12)8-2-3-9(4-5-11)10-6-8/h8-11H,2-6H2,1H3. The third-order valence-electron chi connectivity index (χ3n) is 2.57. The van der Waals surface area contributed by atoms with Crippen LogP contribution < -0.4 is 5.32 Å². The Bertz CT molecular complexity index is 151. The number of aliphatic hydroxyl groups excluding tert-OH is 1. The summed E-state index contributed by atoms with van der Waals surface area (Å²) in [5.74, 6) is 0.491. The van der Waals surface area contributed by atoms with Crippen LogP contribution >= 0.6 is 0 Å². The zero-order valence-electron chi connectivity index (χ0n) is 7.55. The maximum absolute atomic E-state index is 11.0. The molecule has 0 spiro atoms. The van der Waals surface area contributed by atoms with E-state index in [1.54, 1.807) is 6.92 Å². The van der Waals surface area contributed by atoms with E-state index < -0.39 is 0 Å². The maximum atomic E-state index is 11.0. The lowest BCUT2D eigenvalue weighted by atomic mass is 9.91. The Kier molecular flexibility index (Phi) is 3.69. The topological polar surface area (TPSA) is 49.3 Å². The highest BCUT2D eigenvalue weighted by atomic mass is 16.3. The molecule has 1 fully saturated rings. The molecule has 1 aliphatic rings. The summed E-state index contributed by atoms with van der Waals surface area (Å²) in [6.07, 6.45) is 2.81. The van der Waals surface area contributed by atoms with Gasteiger partial charge in [0.05, 0.1) is 0 Å². The van der Waals surface area contributed by atoms with E-state index in [1.807, 2.05) is 0 Å². The molecule has 70 valence electrons. The van der Waals surface area contributed by atoms with Crippen molar-refractivity contribution in [2.75, 3.05) is 13.2 Å². The van der Waals surface area contributed by atoms with Crippen LogP contribution in [-0.4, -0.2) is 30.1 Å². The molecule has 1 heterocycles. The molecular formula is C9H17NO2. The number of hydrogen-bond donors (Lipinski definition) is 2. The number of nitrogens with one attached hydrogen (secondary N) is 1. The molecule has 1 aliphatic heterocycles. The molecule has 0 bridgehead atoms. The summed E-state index contributed by atoms with van der Waals surface area (Å²) in [7, 11) is 0. The van der Waals surface area contributed by atoms with Crippen molar-refractivity contribution >= 4 is 5.78 Å². The van der Waals surface area contributed by atoms with Gasteiger partial charge in [0.2, 0.25) is 0 Å². The van der Waals surface area contributed by atoms with Gasteiger partial charge in [0, 0.05) is 25.1 Å². The second kappa shape index (κ2) is 4.58. The first-order valence-corrected chi connectivity index (χ1v) is 4.58. The van der Waals surface area contributed by atoms with Crippen LogP contribution in [0.2, 0.25) is 0 Å². The lowest BCUT2D eigenvalue weighted by Gasteiger charge is -2.27. The molecule has 1 saturated heterocycles. The van der Waals surface area contributed by atoms with Gasteiger partial charge in [-0.2, -0.15) is 0 Å². The molecule has 2 atom stereocenters. The van der Waals surface area contributed by atoms with Gasteiger partial charge >= 0.3 is 0 Å². The molecule has 0 aliphatic carbocycles. The van der Waals surface area contributed by atoms with Crippen LogP contribution in [0, 0.1) is 5.92 Å². The minimum Gasteiger partial charge on any atom is -0.396 e. The first-order valence-electron chi connectivity index (χ1n) is 4.58. The Morgan fingerprint density at radius 3 is 2.75 bits per heavy atom. The summed E-state index contributed by atoms with van der Waals surface area (Å²) in [6.45, 7) is 2.68. The van der Waals surface area contributed by atoms with E-state index in [1.165, 1.54) is 0 Å². The van der Waals surface area contributed by atoms with Crippen molar-refractivity contribution < 1.29 is 9.90 Å². The van der Waals surface area contributed by atoms with Crippen LogP contribution in [0.25, 0.3) is 0 Å². The lowest BCUT2D eigenvalue weighted by Crippen LogP contribution is -2.41. The number of ketones is 1. The quantitative estimate of drug-likeness (QED) is 0.643. The summed E-state index contributed by atoms with van der Waals surface area (Å²) in [5.41, 5.74) is 0. The van der Waals surface area contributed by atoms with Crippen molar-refractivity contribution in [3.63, 3.8) is 0 Å². The van der Waals surface area contributed by atoms with Gasteiger partial charge < -0.3 is 10.4 Å². The van der Waals surface area contributed by atoms with Gasteiger partial charge in [-0.25, -0.2) is 0 Å². The SMILES string of the molecule is CC(=O)C1CCC(CCO)NC1. The maximum Gasteiger partial charge on any atom is 0.134 e. The Morgan fingerprint density at radius 2 is 2.33 bits per heavy atom. The van der Waals surface area contributed by atoms with E-state index in [4.69, 9.17) is 5.11 Å². The fourth-order valence-electron chi connectivity index (χ4n) is 1.66. The molecule has 0 amide bonds. The highest BCUT2D eigenvalue weighted by Crippen LogP contribution is 2.16. The van der Waals surface area contributed by atoms with E-state index in [9.17, 15) is 4.79 Å². The van der Waals surface area contributed by atoms with Gasteiger partial charge in [-0.15, -0.1) is 0 Å². The van der Waals surface area contributed by atoms with Crippen LogP contribution in [0.4, 0.5) is 0 Å². The first-order chi connectivity index (χ1) is 5.74. The predicted molar refractivity (Wildman–Crippen MR) is 46.9 cm³/mol. The largest absolute Gasteiger partial charge is 0.396 e. The van der Waals surface area contributed by atoms with E-state index in [2.05, 4.69) is 5.32 Å². The molecule has 1 rings (SSSR count). The molecule has 0 radical (unpaired) electrons. The second-order valence-corrected chi connectivity index (χ2v) is 3.50. The molecule has 12 heavy (non-hydrogen) atoms. The van der Waals surface area contributed by atoms with Crippen molar-refractivity contribution in [2.45, 2.75) is 32.2 Å². The third-order valence-corrected chi connectivity index (χ3v) is 2.57. The van der Waals surface area contributed by atoms with Crippen molar-refractivity contribution in [2.24, 2.45) is 5.92 Å². The summed E-state index contributed by atoms with van der Waals surface area (Å²) in [4.78, 5) is 11.0.